The largest absolute Gasteiger partial charge is 0.481 e. The van der Waals surface area contributed by atoms with Crippen molar-refractivity contribution in [1.82, 2.24) is 35.5 Å². The molecule has 11 nitrogen and oxygen atoms in total. The third kappa shape index (κ3) is 6.87. The van der Waals surface area contributed by atoms with Crippen LogP contribution in [0.3, 0.4) is 0 Å². The van der Waals surface area contributed by atoms with Gasteiger partial charge in [-0.15, -0.1) is 10.2 Å². The van der Waals surface area contributed by atoms with E-state index in [9.17, 15) is 9.59 Å². The lowest BCUT2D eigenvalue weighted by atomic mass is 9.98. The van der Waals surface area contributed by atoms with Gasteiger partial charge in [-0.05, 0) is 35.4 Å². The minimum atomic E-state index is -1.10. The van der Waals surface area contributed by atoms with Gasteiger partial charge in [-0.2, -0.15) is 5.21 Å². The van der Waals surface area contributed by atoms with Gasteiger partial charge in [-0.3, -0.25) is 9.59 Å². The maximum atomic E-state index is 12.5. The van der Waals surface area contributed by atoms with Crippen molar-refractivity contribution < 1.29 is 19.4 Å². The van der Waals surface area contributed by atoms with E-state index in [-0.39, 0.29) is 18.2 Å². The van der Waals surface area contributed by atoms with Crippen LogP contribution in [-0.2, 0) is 33.9 Å². The van der Waals surface area contributed by atoms with Gasteiger partial charge in [0.15, 0.2) is 5.15 Å². The van der Waals surface area contributed by atoms with Crippen molar-refractivity contribution in [2.24, 2.45) is 0 Å². The Kier molecular flexibility index (Phi) is 9.40. The number of ether oxygens (including phenoxy) is 1. The number of aromatic amines is 1. The Bertz CT molecular complexity index is 1400. The summed E-state index contributed by atoms with van der Waals surface area (Å²) in [6.07, 6.45) is 2.26. The summed E-state index contributed by atoms with van der Waals surface area (Å²) in [4.78, 5) is 28.1. The Morgan fingerprint density at radius 1 is 1.15 bits per heavy atom. The van der Waals surface area contributed by atoms with E-state index in [0.717, 1.165) is 47.3 Å². The minimum absolute atomic E-state index is 0.120. The number of carbonyl (C=O) groups excluding carboxylic acids is 1. The molecular weight excluding hydrogens is 522 g/mol. The Hall–Kier alpha value is -4.09. The smallest absolute Gasteiger partial charge is 0.324 e. The molecule has 2 heterocycles. The molecule has 0 saturated heterocycles. The number of aromatic nitrogens is 6. The highest BCUT2D eigenvalue weighted by Gasteiger charge is 2.23. The molecular formula is C27H30ClN7O4. The Labute approximate surface area is 230 Å². The molecule has 0 aliphatic carbocycles. The van der Waals surface area contributed by atoms with Gasteiger partial charge < -0.3 is 19.7 Å². The summed E-state index contributed by atoms with van der Waals surface area (Å²) >= 11 is 6.50. The van der Waals surface area contributed by atoms with Gasteiger partial charge in [0.25, 0.3) is 0 Å². The molecule has 1 atom stereocenters. The van der Waals surface area contributed by atoms with E-state index < -0.39 is 18.0 Å². The molecule has 3 N–H and O–H groups in total. The van der Waals surface area contributed by atoms with Gasteiger partial charge in [0.2, 0.25) is 5.82 Å². The summed E-state index contributed by atoms with van der Waals surface area (Å²) in [5.74, 6) is -0.440. The molecule has 0 aliphatic rings. The summed E-state index contributed by atoms with van der Waals surface area (Å²) in [5, 5.41) is 26.4. The first-order valence-corrected chi connectivity index (χ1v) is 13.0. The number of aliphatic carboxylic acids is 1. The van der Waals surface area contributed by atoms with Crippen LogP contribution in [0.5, 0.6) is 0 Å². The van der Waals surface area contributed by atoms with Crippen LogP contribution < -0.4 is 5.32 Å². The first-order chi connectivity index (χ1) is 18.9. The SMILES string of the molecule is CCCCc1nc(Cl)c(COC(=O)[C@H](CC(=O)O)NC)n1Cc1ccc(-c2ccccc2-c2nn[nH]n2)cc1. The first-order valence-electron chi connectivity index (χ1n) is 12.6. The van der Waals surface area contributed by atoms with Gasteiger partial charge in [-0.1, -0.05) is 73.5 Å². The molecule has 0 spiro atoms. The number of tetrazole rings is 1. The van der Waals surface area contributed by atoms with E-state index in [1.54, 1.807) is 0 Å². The fourth-order valence-electron chi connectivity index (χ4n) is 4.25. The molecule has 0 radical (unpaired) electrons. The van der Waals surface area contributed by atoms with Crippen LogP contribution >= 0.6 is 11.6 Å². The predicted molar refractivity (Wildman–Crippen MR) is 145 cm³/mol. The summed E-state index contributed by atoms with van der Waals surface area (Å²) in [7, 11) is 1.51. The number of esters is 1. The van der Waals surface area contributed by atoms with Gasteiger partial charge in [0.05, 0.1) is 12.1 Å². The van der Waals surface area contributed by atoms with Crippen LogP contribution in [0.4, 0.5) is 0 Å². The highest BCUT2D eigenvalue weighted by atomic mass is 35.5. The molecule has 0 amide bonds. The number of hydrogen-bond donors (Lipinski definition) is 3. The zero-order valence-electron chi connectivity index (χ0n) is 21.7. The number of likely N-dealkylation sites (N-methyl/N-ethyl adjacent to an activating group) is 1. The van der Waals surface area contributed by atoms with Crippen LogP contribution in [0.1, 0.15) is 43.3 Å². The molecule has 0 bridgehead atoms. The molecule has 204 valence electrons. The second kappa shape index (κ2) is 13.1. The molecule has 0 saturated carbocycles. The molecule has 39 heavy (non-hydrogen) atoms. The van der Waals surface area contributed by atoms with Gasteiger partial charge >= 0.3 is 11.9 Å². The van der Waals surface area contributed by atoms with E-state index in [1.807, 2.05) is 53.1 Å². The fraction of sp³-hybridized carbons (Fsp3) is 0.333. The summed E-state index contributed by atoms with van der Waals surface area (Å²) in [6, 6.07) is 15.0. The summed E-state index contributed by atoms with van der Waals surface area (Å²) < 4.78 is 7.43. The fourth-order valence-corrected chi connectivity index (χ4v) is 4.51. The predicted octanol–water partition coefficient (Wildman–Crippen LogP) is 3.88. The van der Waals surface area contributed by atoms with E-state index in [2.05, 4.69) is 37.8 Å². The van der Waals surface area contributed by atoms with Crippen molar-refractivity contribution in [3.05, 3.63) is 70.8 Å². The Morgan fingerprint density at radius 3 is 2.54 bits per heavy atom. The lowest BCUT2D eigenvalue weighted by molar-refractivity contribution is -0.151. The molecule has 4 rings (SSSR count). The lowest BCUT2D eigenvalue weighted by Gasteiger charge is -2.16. The van der Waals surface area contributed by atoms with E-state index in [1.165, 1.54) is 7.05 Å². The van der Waals surface area contributed by atoms with Gasteiger partial charge in [0, 0.05) is 18.5 Å². The van der Waals surface area contributed by atoms with Crippen LogP contribution in [0.2, 0.25) is 5.15 Å². The number of benzene rings is 2. The summed E-state index contributed by atoms with van der Waals surface area (Å²) in [6.45, 7) is 2.46. The highest BCUT2D eigenvalue weighted by molar-refractivity contribution is 6.30. The number of halogens is 1. The average Bonchev–Trinajstić information content (AvgIpc) is 3.58. The minimum Gasteiger partial charge on any atom is -0.481 e. The van der Waals surface area contributed by atoms with Crippen LogP contribution in [0.25, 0.3) is 22.5 Å². The number of hydrogen-bond acceptors (Lipinski definition) is 8. The maximum absolute atomic E-state index is 12.5. The Balaban J connectivity index is 1.57. The van der Waals surface area contributed by atoms with Crippen LogP contribution in [0.15, 0.2) is 48.5 Å². The number of nitrogens with one attached hydrogen (secondary N) is 2. The second-order valence-corrected chi connectivity index (χ2v) is 9.34. The monoisotopic (exact) mass is 551 g/mol. The number of carboxylic acids is 1. The number of nitrogens with zero attached hydrogens (tertiary/aromatic N) is 5. The molecule has 2 aromatic heterocycles. The normalized spacial score (nSPS) is 11.9. The highest BCUT2D eigenvalue weighted by Crippen LogP contribution is 2.30. The third-order valence-electron chi connectivity index (χ3n) is 6.34. The number of rotatable bonds is 13. The van der Waals surface area contributed by atoms with Crippen molar-refractivity contribution in [2.75, 3.05) is 7.05 Å². The van der Waals surface area contributed by atoms with Crippen molar-refractivity contribution in [3.8, 4) is 22.5 Å². The van der Waals surface area contributed by atoms with E-state index in [4.69, 9.17) is 21.4 Å². The summed E-state index contributed by atoms with van der Waals surface area (Å²) in [5.41, 5.74) is 4.42. The number of unbranched alkanes of at least 4 members (excludes halogenated alkanes) is 1. The number of aryl methyl sites for hydroxylation is 1. The number of imidazole rings is 1. The van der Waals surface area contributed by atoms with Crippen molar-refractivity contribution in [1.29, 1.82) is 0 Å². The lowest BCUT2D eigenvalue weighted by Crippen LogP contribution is -2.37. The molecule has 12 heteroatoms. The molecule has 0 aliphatic heterocycles. The van der Waals surface area contributed by atoms with Crippen molar-refractivity contribution in [3.63, 3.8) is 0 Å². The van der Waals surface area contributed by atoms with Crippen LogP contribution in [0, 0.1) is 0 Å². The standard InChI is InChI=1S/C27H30ClN7O4/c1-3-4-9-23-30-25(28)22(16-39-27(38)21(29-2)14-24(36)37)35(23)15-17-10-12-18(13-11-17)19-7-5-6-8-20(19)26-31-33-34-32-26/h5-8,10-13,21,29H,3-4,9,14-16H2,1-2H3,(H,36,37)(H,31,32,33,34)/t21-/m0/s1. The first kappa shape index (κ1) is 27.9. The van der Waals surface area contributed by atoms with E-state index >= 15 is 0 Å². The zero-order valence-corrected chi connectivity index (χ0v) is 22.5. The third-order valence-corrected chi connectivity index (χ3v) is 6.64. The molecule has 4 aromatic rings. The van der Waals surface area contributed by atoms with Crippen molar-refractivity contribution in [2.45, 2.75) is 51.8 Å². The molecule has 0 unspecified atom stereocenters. The zero-order chi connectivity index (χ0) is 27.8. The molecule has 2 aromatic carbocycles. The number of carboxylic acid groups (broad SMARTS) is 1. The topological polar surface area (TPSA) is 148 Å². The van der Waals surface area contributed by atoms with Gasteiger partial charge in [-0.25, -0.2) is 4.98 Å². The number of H-pyrrole nitrogens is 1. The van der Waals surface area contributed by atoms with Crippen LogP contribution in [-0.4, -0.2) is 60.3 Å². The van der Waals surface area contributed by atoms with Crippen molar-refractivity contribution >= 4 is 23.5 Å². The average molecular weight is 552 g/mol. The Morgan fingerprint density at radius 2 is 1.90 bits per heavy atom. The second-order valence-electron chi connectivity index (χ2n) is 8.98. The quantitative estimate of drug-likeness (QED) is 0.210. The maximum Gasteiger partial charge on any atom is 0.324 e. The van der Waals surface area contributed by atoms with E-state index in [0.29, 0.717) is 18.1 Å². The number of carbonyl (C=O) groups is 2. The van der Waals surface area contributed by atoms with Gasteiger partial charge in [0.1, 0.15) is 18.5 Å². The molecule has 0 fully saturated rings.